The average Bonchev–Trinajstić information content (AvgIpc) is 2.69. The SMILES string of the molecule is Fc1cc(Cl)ccc1CNc1cn[nH]c1. The van der Waals surface area contributed by atoms with E-state index in [1.54, 1.807) is 24.5 Å². The van der Waals surface area contributed by atoms with Crippen molar-refractivity contribution in [3.8, 4) is 0 Å². The maximum atomic E-state index is 13.3. The molecule has 0 fully saturated rings. The molecule has 0 atom stereocenters. The third kappa shape index (κ3) is 2.47. The maximum Gasteiger partial charge on any atom is 0.129 e. The minimum absolute atomic E-state index is 0.307. The van der Waals surface area contributed by atoms with Crippen molar-refractivity contribution >= 4 is 17.3 Å². The van der Waals surface area contributed by atoms with Crippen molar-refractivity contribution in [2.75, 3.05) is 5.32 Å². The molecule has 0 aliphatic rings. The summed E-state index contributed by atoms with van der Waals surface area (Å²) in [5.74, 6) is -0.307. The van der Waals surface area contributed by atoms with Gasteiger partial charge in [0, 0.05) is 23.3 Å². The van der Waals surface area contributed by atoms with Crippen LogP contribution in [0.1, 0.15) is 5.56 Å². The van der Waals surface area contributed by atoms with E-state index in [0.29, 0.717) is 17.1 Å². The van der Waals surface area contributed by atoms with Gasteiger partial charge in [0.15, 0.2) is 0 Å². The topological polar surface area (TPSA) is 40.7 Å². The van der Waals surface area contributed by atoms with Crippen LogP contribution < -0.4 is 5.32 Å². The summed E-state index contributed by atoms with van der Waals surface area (Å²) in [6.07, 6.45) is 3.33. The van der Waals surface area contributed by atoms with E-state index in [2.05, 4.69) is 15.5 Å². The fourth-order valence-electron chi connectivity index (χ4n) is 1.21. The van der Waals surface area contributed by atoms with Gasteiger partial charge in [-0.05, 0) is 12.1 Å². The van der Waals surface area contributed by atoms with Crippen LogP contribution >= 0.6 is 11.6 Å². The van der Waals surface area contributed by atoms with Gasteiger partial charge in [0.2, 0.25) is 0 Å². The summed E-state index contributed by atoms with van der Waals surface area (Å²) in [6.45, 7) is 0.405. The average molecular weight is 226 g/mol. The third-order valence-electron chi connectivity index (χ3n) is 2.00. The highest BCUT2D eigenvalue weighted by atomic mass is 35.5. The summed E-state index contributed by atoms with van der Waals surface area (Å²) in [7, 11) is 0. The summed E-state index contributed by atoms with van der Waals surface area (Å²) < 4.78 is 13.3. The normalized spacial score (nSPS) is 10.3. The Morgan fingerprint density at radius 3 is 3.00 bits per heavy atom. The number of hydrogen-bond donors (Lipinski definition) is 2. The number of H-pyrrole nitrogens is 1. The molecule has 1 aromatic carbocycles. The monoisotopic (exact) mass is 225 g/mol. The molecular formula is C10H9ClFN3. The Morgan fingerprint density at radius 2 is 2.33 bits per heavy atom. The number of anilines is 1. The van der Waals surface area contributed by atoms with Gasteiger partial charge in [-0.2, -0.15) is 5.10 Å². The number of nitrogens with zero attached hydrogens (tertiary/aromatic N) is 1. The van der Waals surface area contributed by atoms with Gasteiger partial charge in [-0.25, -0.2) is 4.39 Å². The van der Waals surface area contributed by atoms with Gasteiger partial charge in [0.05, 0.1) is 11.9 Å². The lowest BCUT2D eigenvalue weighted by atomic mass is 10.2. The van der Waals surface area contributed by atoms with E-state index in [1.165, 1.54) is 6.07 Å². The fourth-order valence-corrected chi connectivity index (χ4v) is 1.37. The van der Waals surface area contributed by atoms with Crippen molar-refractivity contribution in [3.63, 3.8) is 0 Å². The Bertz CT molecular complexity index is 442. The van der Waals surface area contributed by atoms with E-state index < -0.39 is 0 Å². The van der Waals surface area contributed by atoms with Gasteiger partial charge in [0.1, 0.15) is 5.82 Å². The zero-order chi connectivity index (χ0) is 10.7. The van der Waals surface area contributed by atoms with Crippen LogP contribution in [0.25, 0.3) is 0 Å². The van der Waals surface area contributed by atoms with Crippen LogP contribution in [0.15, 0.2) is 30.6 Å². The summed E-state index contributed by atoms with van der Waals surface area (Å²) in [5.41, 5.74) is 1.39. The Balaban J connectivity index is 2.05. The summed E-state index contributed by atoms with van der Waals surface area (Å²) >= 11 is 5.64. The quantitative estimate of drug-likeness (QED) is 0.843. The molecule has 2 N–H and O–H groups in total. The molecular weight excluding hydrogens is 217 g/mol. The van der Waals surface area contributed by atoms with Crippen molar-refractivity contribution in [3.05, 3.63) is 47.0 Å². The maximum absolute atomic E-state index is 13.3. The van der Waals surface area contributed by atoms with E-state index in [-0.39, 0.29) is 5.82 Å². The molecule has 0 bridgehead atoms. The van der Waals surface area contributed by atoms with Crippen molar-refractivity contribution in [1.82, 2.24) is 10.2 Å². The minimum Gasteiger partial charge on any atom is -0.378 e. The lowest BCUT2D eigenvalue weighted by Crippen LogP contribution is -2.00. The molecule has 0 spiro atoms. The van der Waals surface area contributed by atoms with Crippen LogP contribution in [0.2, 0.25) is 5.02 Å². The number of nitrogens with one attached hydrogen (secondary N) is 2. The van der Waals surface area contributed by atoms with Crippen molar-refractivity contribution in [1.29, 1.82) is 0 Å². The van der Waals surface area contributed by atoms with Gasteiger partial charge in [-0.1, -0.05) is 17.7 Å². The molecule has 0 unspecified atom stereocenters. The summed E-state index contributed by atoms with van der Waals surface area (Å²) in [5, 5.41) is 9.86. The first kappa shape index (κ1) is 9.98. The highest BCUT2D eigenvalue weighted by Crippen LogP contribution is 2.15. The highest BCUT2D eigenvalue weighted by molar-refractivity contribution is 6.30. The number of rotatable bonds is 3. The van der Waals surface area contributed by atoms with Gasteiger partial charge in [-0.3, -0.25) is 5.10 Å². The lowest BCUT2D eigenvalue weighted by molar-refractivity contribution is 0.613. The lowest BCUT2D eigenvalue weighted by Gasteiger charge is -2.04. The van der Waals surface area contributed by atoms with Crippen LogP contribution in [-0.4, -0.2) is 10.2 Å². The zero-order valence-corrected chi connectivity index (χ0v) is 8.55. The fraction of sp³-hybridized carbons (Fsp3) is 0.100. The van der Waals surface area contributed by atoms with Crippen molar-refractivity contribution in [2.24, 2.45) is 0 Å². The van der Waals surface area contributed by atoms with Crippen LogP contribution in [0.5, 0.6) is 0 Å². The van der Waals surface area contributed by atoms with Gasteiger partial charge in [0.25, 0.3) is 0 Å². The number of hydrogen-bond acceptors (Lipinski definition) is 2. The smallest absolute Gasteiger partial charge is 0.129 e. The van der Waals surface area contributed by atoms with E-state index in [9.17, 15) is 4.39 Å². The number of benzene rings is 1. The van der Waals surface area contributed by atoms with Gasteiger partial charge < -0.3 is 5.32 Å². The second-order valence-electron chi connectivity index (χ2n) is 3.08. The second-order valence-corrected chi connectivity index (χ2v) is 3.51. The Hall–Kier alpha value is -1.55. The van der Waals surface area contributed by atoms with Crippen LogP contribution in [0.3, 0.4) is 0 Å². The zero-order valence-electron chi connectivity index (χ0n) is 7.80. The molecule has 78 valence electrons. The number of halogens is 2. The van der Waals surface area contributed by atoms with E-state index in [4.69, 9.17) is 11.6 Å². The molecule has 0 radical (unpaired) electrons. The van der Waals surface area contributed by atoms with E-state index >= 15 is 0 Å². The van der Waals surface area contributed by atoms with Crippen molar-refractivity contribution in [2.45, 2.75) is 6.54 Å². The van der Waals surface area contributed by atoms with Crippen LogP contribution in [0.4, 0.5) is 10.1 Å². The van der Waals surface area contributed by atoms with Crippen molar-refractivity contribution < 1.29 is 4.39 Å². The first-order valence-electron chi connectivity index (χ1n) is 4.42. The Kier molecular flexibility index (Phi) is 2.87. The Morgan fingerprint density at radius 1 is 1.47 bits per heavy atom. The molecule has 1 heterocycles. The Labute approximate surface area is 91.3 Å². The number of aromatic amines is 1. The first-order chi connectivity index (χ1) is 7.25. The molecule has 0 aliphatic carbocycles. The molecule has 2 aromatic rings. The van der Waals surface area contributed by atoms with Gasteiger partial charge >= 0.3 is 0 Å². The predicted octanol–water partition coefficient (Wildman–Crippen LogP) is 2.81. The third-order valence-corrected chi connectivity index (χ3v) is 2.23. The minimum atomic E-state index is -0.307. The largest absolute Gasteiger partial charge is 0.378 e. The van der Waals surface area contributed by atoms with E-state index in [1.807, 2.05) is 0 Å². The second kappa shape index (κ2) is 4.31. The molecule has 0 saturated heterocycles. The standard InChI is InChI=1S/C10H9ClFN3/c11-8-2-1-7(10(12)3-8)4-13-9-5-14-15-6-9/h1-3,5-6,13H,4H2,(H,14,15). The molecule has 15 heavy (non-hydrogen) atoms. The summed E-state index contributed by atoms with van der Waals surface area (Å²) in [6, 6.07) is 4.62. The van der Waals surface area contributed by atoms with Crippen LogP contribution in [-0.2, 0) is 6.54 Å². The molecule has 5 heteroatoms. The van der Waals surface area contributed by atoms with Gasteiger partial charge in [-0.15, -0.1) is 0 Å². The molecule has 2 rings (SSSR count). The molecule has 3 nitrogen and oxygen atoms in total. The van der Waals surface area contributed by atoms with Crippen LogP contribution in [0, 0.1) is 5.82 Å². The molecule has 0 aliphatic heterocycles. The molecule has 0 amide bonds. The molecule has 1 aromatic heterocycles. The van der Waals surface area contributed by atoms with E-state index in [0.717, 1.165) is 5.69 Å². The summed E-state index contributed by atoms with van der Waals surface area (Å²) in [4.78, 5) is 0. The first-order valence-corrected chi connectivity index (χ1v) is 4.80. The highest BCUT2D eigenvalue weighted by Gasteiger charge is 2.02. The predicted molar refractivity (Wildman–Crippen MR) is 57.3 cm³/mol. The molecule has 0 saturated carbocycles. The number of aromatic nitrogens is 2.